The highest BCUT2D eigenvalue weighted by Gasteiger charge is 2.36. The molecule has 0 unspecified atom stereocenters. The monoisotopic (exact) mass is 270 g/mol. The zero-order chi connectivity index (χ0) is 13.4. The molecular formula is C11H14N2O4S. The zero-order valence-electron chi connectivity index (χ0n) is 9.92. The number of nitrogens with zero attached hydrogens (tertiary/aromatic N) is 1. The summed E-state index contributed by atoms with van der Waals surface area (Å²) in [6.07, 6.45) is 2.58. The van der Waals surface area contributed by atoms with E-state index in [0.29, 0.717) is 0 Å². The van der Waals surface area contributed by atoms with E-state index < -0.39 is 20.5 Å². The highest BCUT2D eigenvalue weighted by atomic mass is 32.2. The average Bonchev–Trinajstić information content (AvgIpc) is 2.26. The Morgan fingerprint density at radius 1 is 1.39 bits per heavy atom. The van der Waals surface area contributed by atoms with Crippen molar-refractivity contribution in [2.24, 2.45) is 0 Å². The summed E-state index contributed by atoms with van der Waals surface area (Å²) >= 11 is 0. The van der Waals surface area contributed by atoms with Crippen molar-refractivity contribution in [1.29, 1.82) is 0 Å². The van der Waals surface area contributed by atoms with Crippen LogP contribution in [0.5, 0.6) is 0 Å². The summed E-state index contributed by atoms with van der Waals surface area (Å²) in [6.45, 7) is 1.84. The van der Waals surface area contributed by atoms with Gasteiger partial charge in [0.05, 0.1) is 9.82 Å². The summed E-state index contributed by atoms with van der Waals surface area (Å²) in [5.74, 6) is 0. The molecule has 1 aromatic carbocycles. The Kier molecular flexibility index (Phi) is 3.12. The molecular weight excluding hydrogens is 256 g/mol. The second-order valence-corrected chi connectivity index (χ2v) is 6.46. The molecule has 0 radical (unpaired) electrons. The first-order valence-corrected chi connectivity index (χ1v) is 7.09. The standard InChI is InChI=1S/C11H14N2O4S/c1-11(6-3-7-11)12-18(16,17)10-5-2-4-9(8-10)13(14)15/h2,4-5,8,12H,3,6-7H2,1H3. The van der Waals surface area contributed by atoms with Crippen LogP contribution in [0.1, 0.15) is 26.2 Å². The molecule has 2 rings (SSSR count). The highest BCUT2D eigenvalue weighted by Crippen LogP contribution is 2.32. The van der Waals surface area contributed by atoms with E-state index in [-0.39, 0.29) is 10.6 Å². The van der Waals surface area contributed by atoms with Crippen LogP contribution in [-0.4, -0.2) is 18.9 Å². The maximum Gasteiger partial charge on any atom is 0.270 e. The van der Waals surface area contributed by atoms with E-state index in [2.05, 4.69) is 4.72 Å². The predicted octanol–water partition coefficient (Wildman–Crippen LogP) is 1.82. The van der Waals surface area contributed by atoms with E-state index in [1.165, 1.54) is 18.2 Å². The van der Waals surface area contributed by atoms with Gasteiger partial charge in [-0.15, -0.1) is 0 Å². The Balaban J connectivity index is 2.29. The summed E-state index contributed by atoms with van der Waals surface area (Å²) in [5.41, 5.74) is -0.639. The lowest BCUT2D eigenvalue weighted by Gasteiger charge is -2.38. The van der Waals surface area contributed by atoms with Gasteiger partial charge in [0.15, 0.2) is 0 Å². The molecule has 0 saturated heterocycles. The SMILES string of the molecule is CC1(NS(=O)(=O)c2cccc([N+](=O)[O-])c2)CCC1. The zero-order valence-corrected chi connectivity index (χ0v) is 10.7. The number of non-ortho nitro benzene ring substituents is 1. The topological polar surface area (TPSA) is 89.3 Å². The summed E-state index contributed by atoms with van der Waals surface area (Å²) in [5, 5.41) is 10.6. The molecule has 0 amide bonds. The third-order valence-electron chi connectivity index (χ3n) is 3.18. The summed E-state index contributed by atoms with van der Waals surface area (Å²) < 4.78 is 26.8. The van der Waals surface area contributed by atoms with Crippen LogP contribution >= 0.6 is 0 Å². The number of hydrogen-bond acceptors (Lipinski definition) is 4. The average molecular weight is 270 g/mol. The van der Waals surface area contributed by atoms with Crippen molar-refractivity contribution >= 4 is 15.7 Å². The Labute approximate surface area is 105 Å². The lowest BCUT2D eigenvalue weighted by molar-refractivity contribution is -0.385. The number of rotatable bonds is 4. The number of nitrogens with one attached hydrogen (secondary N) is 1. The first-order valence-electron chi connectivity index (χ1n) is 5.61. The Morgan fingerprint density at radius 3 is 2.56 bits per heavy atom. The number of sulfonamides is 1. The van der Waals surface area contributed by atoms with E-state index in [1.807, 2.05) is 6.92 Å². The minimum Gasteiger partial charge on any atom is -0.258 e. The van der Waals surface area contributed by atoms with Crippen molar-refractivity contribution in [3.63, 3.8) is 0 Å². The van der Waals surface area contributed by atoms with E-state index in [9.17, 15) is 18.5 Å². The van der Waals surface area contributed by atoms with Gasteiger partial charge in [0, 0.05) is 17.7 Å². The maximum atomic E-state index is 12.1. The van der Waals surface area contributed by atoms with Crippen LogP contribution in [0.2, 0.25) is 0 Å². The lowest BCUT2D eigenvalue weighted by atomic mass is 9.80. The van der Waals surface area contributed by atoms with Gasteiger partial charge >= 0.3 is 0 Å². The van der Waals surface area contributed by atoms with Crippen LogP contribution in [0.25, 0.3) is 0 Å². The van der Waals surface area contributed by atoms with E-state index in [0.717, 1.165) is 25.3 Å². The molecule has 0 spiro atoms. The van der Waals surface area contributed by atoms with Crippen LogP contribution in [0.4, 0.5) is 5.69 Å². The van der Waals surface area contributed by atoms with Gasteiger partial charge in [-0.25, -0.2) is 13.1 Å². The summed E-state index contributed by atoms with van der Waals surface area (Å²) in [7, 11) is -3.69. The largest absolute Gasteiger partial charge is 0.270 e. The van der Waals surface area contributed by atoms with Crippen LogP contribution < -0.4 is 4.72 Å². The molecule has 1 fully saturated rings. The molecule has 1 N–H and O–H groups in total. The number of nitro groups is 1. The van der Waals surface area contributed by atoms with Gasteiger partial charge in [-0.1, -0.05) is 6.07 Å². The predicted molar refractivity (Wildman–Crippen MR) is 65.7 cm³/mol. The van der Waals surface area contributed by atoms with Gasteiger partial charge in [-0.2, -0.15) is 0 Å². The number of hydrogen-bond donors (Lipinski definition) is 1. The first-order chi connectivity index (χ1) is 8.32. The second-order valence-electron chi connectivity index (χ2n) is 4.77. The Bertz CT molecular complexity index is 578. The van der Waals surface area contributed by atoms with E-state index in [4.69, 9.17) is 0 Å². The van der Waals surface area contributed by atoms with Gasteiger partial charge in [-0.3, -0.25) is 10.1 Å². The molecule has 0 heterocycles. The minimum absolute atomic E-state index is 0.0650. The molecule has 0 atom stereocenters. The van der Waals surface area contributed by atoms with Crippen LogP contribution in [0, 0.1) is 10.1 Å². The fraction of sp³-hybridized carbons (Fsp3) is 0.455. The van der Waals surface area contributed by atoms with Crippen LogP contribution in [0.3, 0.4) is 0 Å². The van der Waals surface area contributed by atoms with Crippen molar-refractivity contribution < 1.29 is 13.3 Å². The normalized spacial score (nSPS) is 18.1. The molecule has 1 aromatic rings. The van der Waals surface area contributed by atoms with Gasteiger partial charge in [0.25, 0.3) is 5.69 Å². The number of benzene rings is 1. The summed E-state index contributed by atoms with van der Waals surface area (Å²) in [6, 6.07) is 5.07. The van der Waals surface area contributed by atoms with Gasteiger partial charge < -0.3 is 0 Å². The molecule has 1 aliphatic carbocycles. The molecule has 0 aliphatic heterocycles. The molecule has 6 nitrogen and oxygen atoms in total. The van der Waals surface area contributed by atoms with E-state index in [1.54, 1.807) is 0 Å². The Hall–Kier alpha value is -1.47. The fourth-order valence-corrected chi connectivity index (χ4v) is 3.46. The van der Waals surface area contributed by atoms with Crippen molar-refractivity contribution in [3.05, 3.63) is 34.4 Å². The van der Waals surface area contributed by atoms with Crippen molar-refractivity contribution in [2.45, 2.75) is 36.6 Å². The van der Waals surface area contributed by atoms with Gasteiger partial charge in [0.2, 0.25) is 10.0 Å². The third kappa shape index (κ3) is 2.51. The summed E-state index contributed by atoms with van der Waals surface area (Å²) in [4.78, 5) is 9.95. The second kappa shape index (κ2) is 4.33. The van der Waals surface area contributed by atoms with Crippen LogP contribution in [-0.2, 0) is 10.0 Å². The van der Waals surface area contributed by atoms with Gasteiger partial charge in [0.1, 0.15) is 0 Å². The number of nitro benzene ring substituents is 1. The lowest BCUT2D eigenvalue weighted by Crippen LogP contribution is -2.50. The van der Waals surface area contributed by atoms with Crippen molar-refractivity contribution in [3.8, 4) is 0 Å². The van der Waals surface area contributed by atoms with E-state index >= 15 is 0 Å². The molecule has 0 aromatic heterocycles. The smallest absolute Gasteiger partial charge is 0.258 e. The van der Waals surface area contributed by atoms with Crippen molar-refractivity contribution in [1.82, 2.24) is 4.72 Å². The molecule has 1 aliphatic rings. The maximum absolute atomic E-state index is 12.1. The Morgan fingerprint density at radius 2 is 2.06 bits per heavy atom. The van der Waals surface area contributed by atoms with Crippen LogP contribution in [0.15, 0.2) is 29.2 Å². The third-order valence-corrected chi connectivity index (χ3v) is 4.81. The molecule has 7 heteroatoms. The molecule has 0 bridgehead atoms. The molecule has 18 heavy (non-hydrogen) atoms. The highest BCUT2D eigenvalue weighted by molar-refractivity contribution is 7.89. The molecule has 1 saturated carbocycles. The fourth-order valence-electron chi connectivity index (χ4n) is 1.96. The first kappa shape index (κ1) is 13.0. The van der Waals surface area contributed by atoms with Crippen molar-refractivity contribution in [2.75, 3.05) is 0 Å². The van der Waals surface area contributed by atoms with Gasteiger partial charge in [-0.05, 0) is 32.3 Å². The quantitative estimate of drug-likeness (QED) is 0.667. The molecule has 98 valence electrons. The minimum atomic E-state index is -3.69.